The van der Waals surface area contributed by atoms with Crippen molar-refractivity contribution in [3.05, 3.63) is 29.3 Å². The Hall–Kier alpha value is -1.99. The van der Waals surface area contributed by atoms with Crippen LogP contribution in [0.2, 0.25) is 0 Å². The zero-order valence-electron chi connectivity index (χ0n) is 8.03. The third-order valence-electron chi connectivity index (χ3n) is 1.76. The van der Waals surface area contributed by atoms with Gasteiger partial charge >= 0.3 is 5.97 Å². The van der Waals surface area contributed by atoms with E-state index in [9.17, 15) is 4.79 Å². The molecule has 4 nitrogen and oxygen atoms in total. The van der Waals surface area contributed by atoms with Gasteiger partial charge in [0.2, 0.25) is 0 Å². The van der Waals surface area contributed by atoms with Crippen molar-refractivity contribution in [2.75, 3.05) is 12.3 Å². The summed E-state index contributed by atoms with van der Waals surface area (Å²) in [5.74, 6) is 4.45. The molecule has 0 unspecified atom stereocenters. The van der Waals surface area contributed by atoms with E-state index in [1.54, 1.807) is 6.07 Å². The molecule has 0 bridgehead atoms. The molecule has 0 saturated heterocycles. The van der Waals surface area contributed by atoms with Crippen molar-refractivity contribution < 1.29 is 15.0 Å². The largest absolute Gasteiger partial charge is 0.478 e. The molecule has 78 valence electrons. The number of carbonyl (C=O) groups is 1. The first-order valence-electron chi connectivity index (χ1n) is 4.37. The molecule has 1 aromatic rings. The molecule has 1 aromatic carbocycles. The number of aliphatic hydroxyl groups excluding tert-OH is 1. The van der Waals surface area contributed by atoms with Crippen molar-refractivity contribution in [3.8, 4) is 11.8 Å². The maximum Gasteiger partial charge on any atom is 0.335 e. The second kappa shape index (κ2) is 5.03. The van der Waals surface area contributed by atoms with Crippen molar-refractivity contribution in [1.29, 1.82) is 0 Å². The van der Waals surface area contributed by atoms with Crippen LogP contribution < -0.4 is 5.73 Å². The zero-order valence-corrected chi connectivity index (χ0v) is 8.03. The number of nitrogen functional groups attached to an aromatic ring is 1. The molecule has 4 N–H and O–H groups in total. The predicted octanol–water partition coefficient (Wildman–Crippen LogP) is 0.701. The van der Waals surface area contributed by atoms with Crippen LogP contribution in [0.15, 0.2) is 18.2 Å². The summed E-state index contributed by atoms with van der Waals surface area (Å²) in [5.41, 5.74) is 6.66. The molecule has 0 heterocycles. The van der Waals surface area contributed by atoms with E-state index in [1.165, 1.54) is 12.1 Å². The van der Waals surface area contributed by atoms with Crippen LogP contribution in [-0.4, -0.2) is 22.8 Å². The van der Waals surface area contributed by atoms with E-state index in [2.05, 4.69) is 11.8 Å². The second-order valence-corrected chi connectivity index (χ2v) is 2.88. The van der Waals surface area contributed by atoms with Crippen LogP contribution in [0.4, 0.5) is 5.69 Å². The van der Waals surface area contributed by atoms with Crippen LogP contribution >= 0.6 is 0 Å². The van der Waals surface area contributed by atoms with Crippen molar-refractivity contribution in [3.63, 3.8) is 0 Å². The Bertz CT molecular complexity index is 429. The fraction of sp³-hybridized carbons (Fsp3) is 0.182. The molecule has 0 amide bonds. The van der Waals surface area contributed by atoms with Gasteiger partial charge in [0.15, 0.2) is 0 Å². The van der Waals surface area contributed by atoms with Crippen LogP contribution in [0.25, 0.3) is 0 Å². The van der Waals surface area contributed by atoms with E-state index < -0.39 is 5.97 Å². The van der Waals surface area contributed by atoms with E-state index in [0.29, 0.717) is 17.7 Å². The summed E-state index contributed by atoms with van der Waals surface area (Å²) in [4.78, 5) is 10.6. The molecule has 15 heavy (non-hydrogen) atoms. The van der Waals surface area contributed by atoms with Gasteiger partial charge in [-0.3, -0.25) is 0 Å². The highest BCUT2D eigenvalue weighted by Crippen LogP contribution is 2.13. The quantitative estimate of drug-likeness (QED) is 0.490. The average Bonchev–Trinajstić information content (AvgIpc) is 2.20. The molecule has 0 radical (unpaired) electrons. The van der Waals surface area contributed by atoms with E-state index in [0.717, 1.165) is 0 Å². The summed E-state index contributed by atoms with van der Waals surface area (Å²) in [7, 11) is 0. The van der Waals surface area contributed by atoms with Gasteiger partial charge in [0.25, 0.3) is 0 Å². The number of carboxylic acids is 1. The molecule has 0 aliphatic carbocycles. The Balaban J connectivity index is 2.95. The van der Waals surface area contributed by atoms with Crippen molar-refractivity contribution in [1.82, 2.24) is 0 Å². The lowest BCUT2D eigenvalue weighted by atomic mass is 10.1. The fourth-order valence-electron chi connectivity index (χ4n) is 1.02. The molecule has 0 aromatic heterocycles. The van der Waals surface area contributed by atoms with Crippen molar-refractivity contribution in [2.45, 2.75) is 6.42 Å². The van der Waals surface area contributed by atoms with Gasteiger partial charge in [-0.25, -0.2) is 4.79 Å². The first-order valence-corrected chi connectivity index (χ1v) is 4.37. The summed E-state index contributed by atoms with van der Waals surface area (Å²) in [6.07, 6.45) is 0.375. The molecular formula is C11H11NO3. The number of rotatable bonds is 2. The highest BCUT2D eigenvalue weighted by molar-refractivity contribution is 5.89. The van der Waals surface area contributed by atoms with E-state index in [1.807, 2.05) is 0 Å². The van der Waals surface area contributed by atoms with Crippen LogP contribution in [0.3, 0.4) is 0 Å². The second-order valence-electron chi connectivity index (χ2n) is 2.88. The van der Waals surface area contributed by atoms with Crippen LogP contribution in [0.1, 0.15) is 22.3 Å². The van der Waals surface area contributed by atoms with Gasteiger partial charge in [-0.05, 0) is 18.2 Å². The fourth-order valence-corrected chi connectivity index (χ4v) is 1.02. The lowest BCUT2D eigenvalue weighted by Crippen LogP contribution is -1.99. The SMILES string of the molecule is Nc1cc(C(=O)O)ccc1C#CCCO. The van der Waals surface area contributed by atoms with Gasteiger partial charge in [0.1, 0.15) is 0 Å². The third kappa shape index (κ3) is 3.01. The standard InChI is InChI=1S/C11H11NO3/c12-10-7-9(11(14)15)5-4-8(10)3-1-2-6-13/h4-5,7,13H,2,6,12H2,(H,14,15). The minimum absolute atomic E-state index is 0.000113. The Labute approximate surface area is 87.3 Å². The lowest BCUT2D eigenvalue weighted by molar-refractivity contribution is 0.0697. The maximum atomic E-state index is 10.6. The van der Waals surface area contributed by atoms with Gasteiger partial charge in [-0.1, -0.05) is 11.8 Å². The molecule has 0 aliphatic heterocycles. The number of anilines is 1. The molecular weight excluding hydrogens is 194 g/mol. The zero-order chi connectivity index (χ0) is 11.3. The maximum absolute atomic E-state index is 10.6. The van der Waals surface area contributed by atoms with Gasteiger partial charge < -0.3 is 15.9 Å². The Morgan fingerprint density at radius 1 is 1.47 bits per heavy atom. The summed E-state index contributed by atoms with van der Waals surface area (Å²) in [6, 6.07) is 4.37. The topological polar surface area (TPSA) is 83.6 Å². The number of nitrogens with two attached hydrogens (primary N) is 1. The number of aliphatic hydroxyl groups is 1. The van der Waals surface area contributed by atoms with E-state index in [-0.39, 0.29) is 12.2 Å². The number of aromatic carboxylic acids is 1. The summed E-state index contributed by atoms with van der Waals surface area (Å²) >= 11 is 0. The molecule has 0 aliphatic rings. The lowest BCUT2D eigenvalue weighted by Gasteiger charge is -1.99. The highest BCUT2D eigenvalue weighted by atomic mass is 16.4. The van der Waals surface area contributed by atoms with Crippen LogP contribution in [0.5, 0.6) is 0 Å². The number of hydrogen-bond acceptors (Lipinski definition) is 3. The monoisotopic (exact) mass is 205 g/mol. The molecule has 0 saturated carbocycles. The minimum atomic E-state index is -1.02. The number of hydrogen-bond donors (Lipinski definition) is 3. The third-order valence-corrected chi connectivity index (χ3v) is 1.76. The van der Waals surface area contributed by atoms with Crippen molar-refractivity contribution in [2.24, 2.45) is 0 Å². The van der Waals surface area contributed by atoms with Crippen molar-refractivity contribution >= 4 is 11.7 Å². The van der Waals surface area contributed by atoms with Gasteiger partial charge in [-0.15, -0.1) is 0 Å². The summed E-state index contributed by atoms with van der Waals surface area (Å²) in [6.45, 7) is 0.000113. The van der Waals surface area contributed by atoms with Gasteiger partial charge in [0, 0.05) is 17.7 Å². The predicted molar refractivity (Wildman–Crippen MR) is 56.4 cm³/mol. The van der Waals surface area contributed by atoms with E-state index in [4.69, 9.17) is 15.9 Å². The first kappa shape index (κ1) is 11.1. The number of benzene rings is 1. The smallest absolute Gasteiger partial charge is 0.335 e. The van der Waals surface area contributed by atoms with Crippen LogP contribution in [0, 0.1) is 11.8 Å². The summed E-state index contributed by atoms with van der Waals surface area (Å²) < 4.78 is 0. The average molecular weight is 205 g/mol. The van der Waals surface area contributed by atoms with E-state index >= 15 is 0 Å². The molecule has 0 spiro atoms. The first-order chi connectivity index (χ1) is 7.15. The van der Waals surface area contributed by atoms with Gasteiger partial charge in [-0.2, -0.15) is 0 Å². The molecule has 0 atom stereocenters. The highest BCUT2D eigenvalue weighted by Gasteiger charge is 2.04. The summed E-state index contributed by atoms with van der Waals surface area (Å²) in [5, 5.41) is 17.2. The molecule has 4 heteroatoms. The molecule has 1 rings (SSSR count). The number of carboxylic acid groups (broad SMARTS) is 1. The normalized spacial score (nSPS) is 9.13. The Kier molecular flexibility index (Phi) is 3.72. The Morgan fingerprint density at radius 3 is 2.73 bits per heavy atom. The minimum Gasteiger partial charge on any atom is -0.478 e. The molecule has 0 fully saturated rings. The van der Waals surface area contributed by atoms with Gasteiger partial charge in [0.05, 0.1) is 12.2 Å². The Morgan fingerprint density at radius 2 is 2.20 bits per heavy atom. The van der Waals surface area contributed by atoms with Crippen LogP contribution in [-0.2, 0) is 0 Å².